The van der Waals surface area contributed by atoms with Crippen LogP contribution in [0.1, 0.15) is 23.0 Å². The highest BCUT2D eigenvalue weighted by Gasteiger charge is 2.19. The first kappa shape index (κ1) is 19.8. The minimum Gasteiger partial charge on any atom is -0.485 e. The number of nitrogens with zero attached hydrogens (tertiary/aromatic N) is 2. The molecule has 4 rings (SSSR count). The molecule has 0 bridgehead atoms. The van der Waals surface area contributed by atoms with E-state index in [2.05, 4.69) is 88.2 Å². The molecule has 0 saturated heterocycles. The zero-order chi connectivity index (χ0) is 20.1. The molecular weight excluding hydrogens is 378 g/mol. The number of ether oxygens (including phenoxy) is 1. The van der Waals surface area contributed by atoms with Gasteiger partial charge in [0.2, 0.25) is 0 Å². The zero-order valence-corrected chi connectivity index (χ0v) is 18.0. The molecule has 152 valence electrons. The van der Waals surface area contributed by atoms with Crippen molar-refractivity contribution in [2.75, 3.05) is 43.5 Å². The summed E-state index contributed by atoms with van der Waals surface area (Å²) in [6.45, 7) is 3.83. The fourth-order valence-electron chi connectivity index (χ4n) is 3.84. The maximum Gasteiger partial charge on any atom is 0.134 e. The fraction of sp³-hybridized carbons (Fsp3) is 0.333. The van der Waals surface area contributed by atoms with Crippen molar-refractivity contribution in [1.82, 2.24) is 5.32 Å². The summed E-state index contributed by atoms with van der Waals surface area (Å²) in [4.78, 5) is 6.07. The molecule has 0 fully saturated rings. The molecule has 0 spiro atoms. The summed E-state index contributed by atoms with van der Waals surface area (Å²) in [6, 6.07) is 21.5. The lowest BCUT2D eigenvalue weighted by atomic mass is 10.1. The summed E-state index contributed by atoms with van der Waals surface area (Å²) in [5.41, 5.74) is 3.91. The molecule has 4 nitrogen and oxygen atoms in total. The average molecular weight is 408 g/mol. The van der Waals surface area contributed by atoms with Crippen molar-refractivity contribution in [3.05, 3.63) is 76.5 Å². The Morgan fingerprint density at radius 3 is 2.79 bits per heavy atom. The van der Waals surface area contributed by atoms with Crippen molar-refractivity contribution >= 4 is 22.7 Å². The molecule has 1 aliphatic heterocycles. The van der Waals surface area contributed by atoms with Gasteiger partial charge in [-0.15, -0.1) is 11.3 Å². The first-order chi connectivity index (χ1) is 14.2. The van der Waals surface area contributed by atoms with E-state index in [9.17, 15) is 0 Å². The molecular formula is C24H29N3OS. The summed E-state index contributed by atoms with van der Waals surface area (Å²) in [6.07, 6.45) is 1.03. The third kappa shape index (κ3) is 4.74. The molecule has 3 aromatic rings. The maximum atomic E-state index is 6.45. The molecule has 2 aromatic carbocycles. The number of benzene rings is 2. The molecule has 1 unspecified atom stereocenters. The SMILES string of the molecule is CNCCC(Oc1cccc(N2CCN(C)c3ccccc3C2)c1)c1cccs1. The Balaban J connectivity index is 1.54. The smallest absolute Gasteiger partial charge is 0.134 e. The topological polar surface area (TPSA) is 27.7 Å². The van der Waals surface area contributed by atoms with Crippen LogP contribution in [0, 0.1) is 0 Å². The Hall–Kier alpha value is -2.50. The Kier molecular flexibility index (Phi) is 6.37. The molecule has 1 N–H and O–H groups in total. The predicted octanol–water partition coefficient (Wildman–Crippen LogP) is 4.93. The van der Waals surface area contributed by atoms with Gasteiger partial charge in [-0.25, -0.2) is 0 Å². The summed E-state index contributed by atoms with van der Waals surface area (Å²) < 4.78 is 6.45. The van der Waals surface area contributed by atoms with Gasteiger partial charge in [-0.05, 0) is 48.8 Å². The third-order valence-corrected chi connectivity index (χ3v) is 6.41. The van der Waals surface area contributed by atoms with Crippen molar-refractivity contribution in [3.8, 4) is 5.75 Å². The second-order valence-corrected chi connectivity index (χ2v) is 8.46. The Morgan fingerprint density at radius 1 is 1.07 bits per heavy atom. The van der Waals surface area contributed by atoms with Crippen LogP contribution >= 0.6 is 11.3 Å². The molecule has 1 aromatic heterocycles. The Labute approximate surface area is 177 Å². The highest BCUT2D eigenvalue weighted by molar-refractivity contribution is 7.10. The maximum absolute atomic E-state index is 6.45. The van der Waals surface area contributed by atoms with Gasteiger partial charge in [0.25, 0.3) is 0 Å². The van der Waals surface area contributed by atoms with Crippen LogP contribution in [0.2, 0.25) is 0 Å². The molecule has 0 saturated carbocycles. The molecule has 0 aliphatic carbocycles. The monoisotopic (exact) mass is 407 g/mol. The summed E-state index contributed by atoms with van der Waals surface area (Å²) in [7, 11) is 4.16. The highest BCUT2D eigenvalue weighted by Crippen LogP contribution is 2.32. The van der Waals surface area contributed by atoms with Crippen LogP contribution < -0.4 is 19.9 Å². The third-order valence-electron chi connectivity index (χ3n) is 5.45. The molecule has 0 radical (unpaired) electrons. The number of para-hydroxylation sites is 1. The number of hydrogen-bond donors (Lipinski definition) is 1. The standard InChI is InChI=1S/C24H29N3OS/c1-25-13-12-23(24-11-6-16-29-24)28-21-9-5-8-20(17-21)27-15-14-26(2)22-10-4-3-7-19(22)18-27/h3-11,16-17,23,25H,12-15,18H2,1-2H3. The van der Waals surface area contributed by atoms with Gasteiger partial charge in [0, 0.05) is 55.4 Å². The van der Waals surface area contributed by atoms with Crippen LogP contribution in [0.15, 0.2) is 66.0 Å². The molecule has 29 heavy (non-hydrogen) atoms. The summed E-state index contributed by atoms with van der Waals surface area (Å²) >= 11 is 1.76. The van der Waals surface area contributed by atoms with Crippen LogP contribution in [-0.4, -0.2) is 33.7 Å². The molecule has 2 heterocycles. The Morgan fingerprint density at radius 2 is 1.97 bits per heavy atom. The van der Waals surface area contributed by atoms with Crippen LogP contribution in [-0.2, 0) is 6.54 Å². The normalized spacial score (nSPS) is 15.0. The van der Waals surface area contributed by atoms with Gasteiger partial charge < -0.3 is 19.9 Å². The lowest BCUT2D eigenvalue weighted by molar-refractivity contribution is 0.199. The minimum atomic E-state index is 0.0775. The number of nitrogens with one attached hydrogen (secondary N) is 1. The van der Waals surface area contributed by atoms with E-state index >= 15 is 0 Å². The largest absolute Gasteiger partial charge is 0.485 e. The second-order valence-electron chi connectivity index (χ2n) is 7.48. The predicted molar refractivity (Wildman–Crippen MR) is 123 cm³/mol. The van der Waals surface area contributed by atoms with E-state index in [0.29, 0.717) is 0 Å². The average Bonchev–Trinajstić information content (AvgIpc) is 3.23. The number of hydrogen-bond acceptors (Lipinski definition) is 5. The lowest BCUT2D eigenvalue weighted by Crippen LogP contribution is -2.29. The van der Waals surface area contributed by atoms with Gasteiger partial charge in [-0.2, -0.15) is 0 Å². The first-order valence-electron chi connectivity index (χ1n) is 10.2. The van der Waals surface area contributed by atoms with Crippen LogP contribution in [0.5, 0.6) is 5.75 Å². The fourth-order valence-corrected chi connectivity index (χ4v) is 4.63. The van der Waals surface area contributed by atoms with Crippen LogP contribution in [0.4, 0.5) is 11.4 Å². The first-order valence-corrected chi connectivity index (χ1v) is 11.1. The minimum absolute atomic E-state index is 0.0775. The number of fused-ring (bicyclic) bond motifs is 1. The van der Waals surface area contributed by atoms with Gasteiger partial charge in [0.1, 0.15) is 11.9 Å². The van der Waals surface area contributed by atoms with Crippen LogP contribution in [0.25, 0.3) is 0 Å². The number of thiophene rings is 1. The van der Waals surface area contributed by atoms with Gasteiger partial charge >= 0.3 is 0 Å². The van der Waals surface area contributed by atoms with Crippen molar-refractivity contribution in [2.24, 2.45) is 0 Å². The number of rotatable bonds is 7. The molecule has 1 aliphatic rings. The zero-order valence-electron chi connectivity index (χ0n) is 17.2. The van der Waals surface area contributed by atoms with Crippen LogP contribution in [0.3, 0.4) is 0 Å². The second kappa shape index (κ2) is 9.33. The molecule has 1 atom stereocenters. The van der Waals surface area contributed by atoms with E-state index in [1.165, 1.54) is 21.8 Å². The number of anilines is 2. The van der Waals surface area contributed by atoms with Gasteiger partial charge in [0.15, 0.2) is 0 Å². The summed E-state index contributed by atoms with van der Waals surface area (Å²) in [5.74, 6) is 0.933. The van der Waals surface area contributed by atoms with Crippen molar-refractivity contribution in [2.45, 2.75) is 19.1 Å². The Bertz CT molecular complexity index is 912. The van der Waals surface area contributed by atoms with Crippen molar-refractivity contribution in [1.29, 1.82) is 0 Å². The summed E-state index contributed by atoms with van der Waals surface area (Å²) in [5, 5.41) is 5.36. The van der Waals surface area contributed by atoms with Gasteiger partial charge in [-0.3, -0.25) is 0 Å². The van der Waals surface area contributed by atoms with E-state index in [1.807, 2.05) is 7.05 Å². The lowest BCUT2D eigenvalue weighted by Gasteiger charge is -2.25. The van der Waals surface area contributed by atoms with Crippen molar-refractivity contribution in [3.63, 3.8) is 0 Å². The van der Waals surface area contributed by atoms with E-state index in [-0.39, 0.29) is 6.10 Å². The molecule has 5 heteroatoms. The van der Waals surface area contributed by atoms with E-state index in [1.54, 1.807) is 11.3 Å². The van der Waals surface area contributed by atoms with Gasteiger partial charge in [-0.1, -0.05) is 30.3 Å². The van der Waals surface area contributed by atoms with E-state index in [4.69, 9.17) is 4.74 Å². The van der Waals surface area contributed by atoms with E-state index < -0.39 is 0 Å². The van der Waals surface area contributed by atoms with Crippen molar-refractivity contribution < 1.29 is 4.74 Å². The molecule has 0 amide bonds. The van der Waals surface area contributed by atoms with E-state index in [0.717, 1.165) is 38.3 Å². The quantitative estimate of drug-likeness (QED) is 0.601. The highest BCUT2D eigenvalue weighted by atomic mass is 32.1. The number of likely N-dealkylation sites (N-methyl/N-ethyl adjacent to an activating group) is 1. The van der Waals surface area contributed by atoms with Gasteiger partial charge in [0.05, 0.1) is 0 Å².